The van der Waals surface area contributed by atoms with Crippen molar-refractivity contribution in [1.82, 2.24) is 24.8 Å². The lowest BCUT2D eigenvalue weighted by Gasteiger charge is -2.11. The first kappa shape index (κ1) is 17.0. The molecule has 0 spiro atoms. The fraction of sp³-hybridized carbons (Fsp3) is 0.133. The zero-order valence-electron chi connectivity index (χ0n) is 13.6. The summed E-state index contributed by atoms with van der Waals surface area (Å²) >= 11 is 0. The summed E-state index contributed by atoms with van der Waals surface area (Å²) in [6.07, 6.45) is 2.45. The number of hydrogen-bond acceptors (Lipinski definition) is 7. The number of benzene rings is 1. The van der Waals surface area contributed by atoms with E-state index in [4.69, 9.17) is 0 Å². The lowest BCUT2D eigenvalue weighted by molar-refractivity contribution is -0.385. The Morgan fingerprint density at radius 2 is 2.12 bits per heavy atom. The second-order valence-corrected chi connectivity index (χ2v) is 5.41. The number of nitrogens with one attached hydrogen (secondary N) is 1. The van der Waals surface area contributed by atoms with Gasteiger partial charge in [0.25, 0.3) is 11.2 Å². The standard InChI is InChI=1S/C15H13N7O4/c1-10-2-3-11(21-9-16-18-19-21)6-13(10)17-14(23)8-20-7-12(22(25)26)4-5-15(20)24/h2-7,9H,8H2,1H3,(H,17,23). The molecule has 0 radical (unpaired) electrons. The minimum Gasteiger partial charge on any atom is -0.324 e. The van der Waals surface area contributed by atoms with E-state index >= 15 is 0 Å². The molecule has 0 unspecified atom stereocenters. The van der Waals surface area contributed by atoms with E-state index in [1.807, 2.05) is 0 Å². The predicted molar refractivity (Wildman–Crippen MR) is 89.9 cm³/mol. The van der Waals surface area contributed by atoms with Gasteiger partial charge in [0.15, 0.2) is 0 Å². The van der Waals surface area contributed by atoms with Crippen LogP contribution in [-0.4, -0.2) is 35.6 Å². The van der Waals surface area contributed by atoms with Crippen LogP contribution in [0.15, 0.2) is 47.7 Å². The third kappa shape index (κ3) is 3.61. The Hall–Kier alpha value is -3.89. The highest BCUT2D eigenvalue weighted by Crippen LogP contribution is 2.19. The third-order valence-electron chi connectivity index (χ3n) is 3.60. The molecule has 1 amide bonds. The Morgan fingerprint density at radius 3 is 2.81 bits per heavy atom. The van der Waals surface area contributed by atoms with Crippen molar-refractivity contribution in [2.45, 2.75) is 13.5 Å². The predicted octanol–water partition coefficient (Wildman–Crippen LogP) is 0.679. The van der Waals surface area contributed by atoms with E-state index in [9.17, 15) is 19.7 Å². The molecule has 11 nitrogen and oxygen atoms in total. The average Bonchev–Trinajstić information content (AvgIpc) is 3.13. The van der Waals surface area contributed by atoms with Gasteiger partial charge in [-0.15, -0.1) is 5.10 Å². The number of carbonyl (C=O) groups is 1. The van der Waals surface area contributed by atoms with Crippen LogP contribution in [0.5, 0.6) is 0 Å². The van der Waals surface area contributed by atoms with Gasteiger partial charge in [0.2, 0.25) is 5.91 Å². The first-order valence-electron chi connectivity index (χ1n) is 7.43. The van der Waals surface area contributed by atoms with E-state index in [1.165, 1.54) is 11.0 Å². The van der Waals surface area contributed by atoms with E-state index in [1.54, 1.807) is 25.1 Å². The highest BCUT2D eigenvalue weighted by Gasteiger charge is 2.12. The van der Waals surface area contributed by atoms with E-state index in [0.29, 0.717) is 11.4 Å². The number of tetrazole rings is 1. The van der Waals surface area contributed by atoms with Crippen LogP contribution in [0.2, 0.25) is 0 Å². The van der Waals surface area contributed by atoms with Gasteiger partial charge in [-0.1, -0.05) is 6.07 Å². The minimum atomic E-state index is -0.631. The van der Waals surface area contributed by atoms with Gasteiger partial charge >= 0.3 is 0 Å². The molecule has 3 aromatic rings. The van der Waals surface area contributed by atoms with Gasteiger partial charge < -0.3 is 5.32 Å². The van der Waals surface area contributed by atoms with Crippen molar-refractivity contribution in [3.8, 4) is 5.69 Å². The van der Waals surface area contributed by atoms with Crippen LogP contribution in [0.3, 0.4) is 0 Å². The molecule has 26 heavy (non-hydrogen) atoms. The monoisotopic (exact) mass is 355 g/mol. The number of pyridine rings is 1. The summed E-state index contributed by atoms with van der Waals surface area (Å²) < 4.78 is 2.41. The molecule has 1 N–H and O–H groups in total. The second-order valence-electron chi connectivity index (χ2n) is 5.41. The van der Waals surface area contributed by atoms with Crippen molar-refractivity contribution >= 4 is 17.3 Å². The van der Waals surface area contributed by atoms with E-state index < -0.39 is 16.4 Å². The Kier molecular flexibility index (Phi) is 4.51. The Labute approximate surface area is 146 Å². The highest BCUT2D eigenvalue weighted by atomic mass is 16.6. The maximum Gasteiger partial charge on any atom is 0.285 e. The highest BCUT2D eigenvalue weighted by molar-refractivity contribution is 5.91. The first-order chi connectivity index (χ1) is 12.4. The zero-order chi connectivity index (χ0) is 18.7. The molecule has 2 heterocycles. The zero-order valence-corrected chi connectivity index (χ0v) is 13.6. The van der Waals surface area contributed by atoms with Crippen LogP contribution < -0.4 is 10.9 Å². The average molecular weight is 355 g/mol. The summed E-state index contributed by atoms with van der Waals surface area (Å²) in [5, 5.41) is 24.4. The maximum absolute atomic E-state index is 12.3. The van der Waals surface area contributed by atoms with Crippen LogP contribution in [0, 0.1) is 17.0 Å². The summed E-state index contributed by atoms with van der Waals surface area (Å²) in [6.45, 7) is 1.45. The summed E-state index contributed by atoms with van der Waals surface area (Å²) in [5.74, 6) is -0.496. The van der Waals surface area contributed by atoms with Gasteiger partial charge in [-0.2, -0.15) is 0 Å². The normalized spacial score (nSPS) is 10.5. The van der Waals surface area contributed by atoms with Gasteiger partial charge in [0, 0.05) is 17.8 Å². The molecule has 0 aliphatic carbocycles. The Morgan fingerprint density at radius 1 is 1.31 bits per heavy atom. The summed E-state index contributed by atoms with van der Waals surface area (Å²) in [6, 6.07) is 7.39. The largest absolute Gasteiger partial charge is 0.324 e. The van der Waals surface area contributed by atoms with E-state index in [2.05, 4.69) is 20.8 Å². The molecule has 0 aliphatic heterocycles. The molecule has 3 rings (SSSR count). The third-order valence-corrected chi connectivity index (χ3v) is 3.60. The summed E-state index contributed by atoms with van der Waals surface area (Å²) in [5.41, 5.74) is 1.17. The van der Waals surface area contributed by atoms with Crippen molar-refractivity contribution in [2.24, 2.45) is 0 Å². The quantitative estimate of drug-likeness (QED) is 0.524. The number of amides is 1. The van der Waals surface area contributed by atoms with Gasteiger partial charge in [-0.25, -0.2) is 4.68 Å². The van der Waals surface area contributed by atoms with E-state index in [0.717, 1.165) is 28.5 Å². The summed E-state index contributed by atoms with van der Waals surface area (Å²) in [7, 11) is 0. The molecule has 11 heteroatoms. The fourth-order valence-electron chi connectivity index (χ4n) is 2.26. The van der Waals surface area contributed by atoms with Gasteiger partial charge in [-0.05, 0) is 35.0 Å². The smallest absolute Gasteiger partial charge is 0.285 e. The number of carbonyl (C=O) groups excluding carboxylic acids is 1. The van der Waals surface area contributed by atoms with Crippen molar-refractivity contribution in [1.29, 1.82) is 0 Å². The number of nitrogens with zero attached hydrogens (tertiary/aromatic N) is 6. The van der Waals surface area contributed by atoms with Gasteiger partial charge in [0.05, 0.1) is 16.8 Å². The molecule has 0 atom stereocenters. The van der Waals surface area contributed by atoms with Gasteiger partial charge in [-0.3, -0.25) is 24.3 Å². The Balaban J connectivity index is 1.81. The topological polar surface area (TPSA) is 138 Å². The number of hydrogen-bond donors (Lipinski definition) is 1. The van der Waals surface area contributed by atoms with Crippen molar-refractivity contribution in [3.05, 3.63) is 68.9 Å². The molecular weight excluding hydrogens is 342 g/mol. The van der Waals surface area contributed by atoms with Crippen LogP contribution in [0.4, 0.5) is 11.4 Å². The number of aryl methyl sites for hydroxylation is 1. The minimum absolute atomic E-state index is 0.269. The summed E-state index contributed by atoms with van der Waals surface area (Å²) in [4.78, 5) is 34.2. The van der Waals surface area contributed by atoms with Crippen molar-refractivity contribution in [2.75, 3.05) is 5.32 Å². The van der Waals surface area contributed by atoms with E-state index in [-0.39, 0.29) is 12.2 Å². The van der Waals surface area contributed by atoms with Crippen LogP contribution >= 0.6 is 0 Å². The molecule has 1 aromatic carbocycles. The van der Waals surface area contributed by atoms with Crippen LogP contribution in [0.1, 0.15) is 5.56 Å². The first-order valence-corrected chi connectivity index (χ1v) is 7.43. The molecule has 0 aliphatic rings. The number of rotatable bonds is 5. The second kappa shape index (κ2) is 6.93. The van der Waals surface area contributed by atoms with Crippen LogP contribution in [-0.2, 0) is 11.3 Å². The lowest BCUT2D eigenvalue weighted by Crippen LogP contribution is -2.27. The lowest BCUT2D eigenvalue weighted by atomic mass is 10.2. The molecular formula is C15H13N7O4. The molecule has 2 aromatic heterocycles. The Bertz CT molecular complexity index is 1030. The molecule has 0 saturated heterocycles. The number of anilines is 1. The van der Waals surface area contributed by atoms with Crippen molar-refractivity contribution < 1.29 is 9.72 Å². The van der Waals surface area contributed by atoms with Crippen LogP contribution in [0.25, 0.3) is 5.69 Å². The fourth-order valence-corrected chi connectivity index (χ4v) is 2.26. The molecule has 132 valence electrons. The molecule has 0 fully saturated rings. The number of aromatic nitrogens is 5. The maximum atomic E-state index is 12.3. The van der Waals surface area contributed by atoms with Gasteiger partial charge in [0.1, 0.15) is 12.9 Å². The molecule has 0 bridgehead atoms. The number of nitro groups is 1. The van der Waals surface area contributed by atoms with Crippen molar-refractivity contribution in [3.63, 3.8) is 0 Å². The molecule has 0 saturated carbocycles. The SMILES string of the molecule is Cc1ccc(-n2cnnn2)cc1NC(=O)Cn1cc([N+](=O)[O-])ccc1=O.